The van der Waals surface area contributed by atoms with Crippen LogP contribution in [-0.2, 0) is 0 Å². The third kappa shape index (κ3) is 2.97. The molecule has 2 heterocycles. The van der Waals surface area contributed by atoms with Crippen molar-refractivity contribution in [3.05, 3.63) is 65.6 Å². The Morgan fingerprint density at radius 3 is 2.59 bits per heavy atom. The van der Waals surface area contributed by atoms with Gasteiger partial charge in [0.05, 0.1) is 4.88 Å². The molecule has 1 unspecified atom stereocenters. The van der Waals surface area contributed by atoms with Gasteiger partial charge in [-0.25, -0.2) is 0 Å². The van der Waals surface area contributed by atoms with Gasteiger partial charge in [-0.1, -0.05) is 24.8 Å². The molecule has 2 aromatic carbocycles. The lowest BCUT2D eigenvalue weighted by Crippen LogP contribution is -2.05. The van der Waals surface area contributed by atoms with E-state index in [0.717, 1.165) is 17.1 Å². The van der Waals surface area contributed by atoms with Crippen molar-refractivity contribution in [3.63, 3.8) is 0 Å². The lowest BCUT2D eigenvalue weighted by atomic mass is 9.91. The molecule has 5 rings (SSSR count). The number of fused-ring (bicyclic) bond motifs is 3. The van der Waals surface area contributed by atoms with Crippen molar-refractivity contribution < 1.29 is 0 Å². The van der Waals surface area contributed by atoms with Gasteiger partial charge < -0.3 is 11.1 Å². The highest BCUT2D eigenvalue weighted by molar-refractivity contribution is 7.80. The molecule has 2 nitrogen and oxygen atoms in total. The average molecular weight is 391 g/mol. The van der Waals surface area contributed by atoms with Crippen LogP contribution in [0.3, 0.4) is 0 Å². The molecule has 1 saturated carbocycles. The van der Waals surface area contributed by atoms with E-state index in [1.165, 1.54) is 51.3 Å². The van der Waals surface area contributed by atoms with Gasteiger partial charge in [0.1, 0.15) is 0 Å². The fourth-order valence-electron chi connectivity index (χ4n) is 4.23. The van der Waals surface area contributed by atoms with Crippen LogP contribution in [0.1, 0.15) is 35.6 Å². The van der Waals surface area contributed by atoms with E-state index in [2.05, 4.69) is 60.9 Å². The minimum absolute atomic E-state index is 0.540. The quantitative estimate of drug-likeness (QED) is 0.339. The maximum atomic E-state index is 5.85. The molecule has 1 aliphatic heterocycles. The fraction of sp³-hybridized carbons (Fsp3) is 0.217. The highest BCUT2D eigenvalue weighted by atomic mass is 32.1. The van der Waals surface area contributed by atoms with E-state index in [-0.39, 0.29) is 0 Å². The van der Waals surface area contributed by atoms with Crippen molar-refractivity contribution in [1.82, 2.24) is 0 Å². The molecule has 3 N–H and O–H groups in total. The standard InChI is InChI=1S/C23H22N2S2/c1-13-23-20(12-22(27-23)14-2-6-17(24)7-3-14)19-11-16(5-9-21(19)25-13)15-4-8-18(26)10-15/h2-3,5-7,9,11-12,15,18,25-26H,1,4,8,10,24H2/t15?,18-/m1/s1. The Bertz CT molecular complexity index is 1030. The molecule has 3 aromatic rings. The summed E-state index contributed by atoms with van der Waals surface area (Å²) >= 11 is 6.47. The molecule has 1 aromatic heterocycles. The van der Waals surface area contributed by atoms with Crippen molar-refractivity contribution in [3.8, 4) is 21.6 Å². The summed E-state index contributed by atoms with van der Waals surface area (Å²) in [5.74, 6) is 0.626. The first-order chi connectivity index (χ1) is 13.1. The first-order valence-corrected chi connectivity index (χ1v) is 10.7. The molecule has 0 radical (unpaired) electrons. The lowest BCUT2D eigenvalue weighted by Gasteiger charge is -2.22. The highest BCUT2D eigenvalue weighted by Gasteiger charge is 2.27. The molecule has 4 heteroatoms. The van der Waals surface area contributed by atoms with Gasteiger partial charge in [0.15, 0.2) is 0 Å². The minimum atomic E-state index is 0.540. The maximum Gasteiger partial charge on any atom is 0.0585 e. The molecule has 0 saturated heterocycles. The Labute approximate surface area is 169 Å². The van der Waals surface area contributed by atoms with Crippen LogP contribution < -0.4 is 11.1 Å². The molecule has 2 atom stereocenters. The molecule has 0 bridgehead atoms. The number of nitrogens with two attached hydrogens (primary N) is 1. The van der Waals surface area contributed by atoms with Crippen molar-refractivity contribution in [2.24, 2.45) is 0 Å². The number of nitrogens with one attached hydrogen (secondary N) is 1. The zero-order valence-electron chi connectivity index (χ0n) is 15.0. The van der Waals surface area contributed by atoms with Crippen LogP contribution in [0, 0.1) is 0 Å². The molecular weight excluding hydrogens is 368 g/mol. The highest BCUT2D eigenvalue weighted by Crippen LogP contribution is 2.48. The summed E-state index contributed by atoms with van der Waals surface area (Å²) in [6.07, 6.45) is 3.63. The van der Waals surface area contributed by atoms with Gasteiger partial charge in [0.2, 0.25) is 0 Å². The van der Waals surface area contributed by atoms with E-state index in [1.807, 2.05) is 12.1 Å². The normalized spacial score (nSPS) is 20.9. The number of benzene rings is 2. The van der Waals surface area contributed by atoms with Crippen molar-refractivity contribution in [2.45, 2.75) is 30.4 Å². The molecule has 136 valence electrons. The number of anilines is 2. The van der Waals surface area contributed by atoms with E-state index < -0.39 is 0 Å². The summed E-state index contributed by atoms with van der Waals surface area (Å²) in [5, 5.41) is 4.04. The van der Waals surface area contributed by atoms with Crippen LogP contribution >= 0.6 is 24.0 Å². The molecule has 0 spiro atoms. The van der Waals surface area contributed by atoms with Gasteiger partial charge in [-0.15, -0.1) is 11.3 Å². The summed E-state index contributed by atoms with van der Waals surface area (Å²) < 4.78 is 0. The fourth-order valence-corrected chi connectivity index (χ4v) is 5.74. The van der Waals surface area contributed by atoms with Crippen LogP contribution in [0.25, 0.3) is 27.3 Å². The number of hydrogen-bond acceptors (Lipinski definition) is 4. The molecule has 0 amide bonds. The third-order valence-corrected chi connectivity index (χ3v) is 7.41. The molecule has 1 aliphatic carbocycles. The number of thiol groups is 1. The monoisotopic (exact) mass is 390 g/mol. The minimum Gasteiger partial charge on any atom is -0.399 e. The van der Waals surface area contributed by atoms with E-state index in [0.29, 0.717) is 11.2 Å². The van der Waals surface area contributed by atoms with E-state index in [1.54, 1.807) is 11.3 Å². The Balaban J connectivity index is 1.59. The zero-order chi connectivity index (χ0) is 18.5. The second-order valence-corrected chi connectivity index (χ2v) is 9.33. The van der Waals surface area contributed by atoms with Gasteiger partial charge in [-0.3, -0.25) is 0 Å². The number of nitrogen functional groups attached to an aromatic ring is 1. The third-order valence-electron chi connectivity index (χ3n) is 5.70. The number of thiophene rings is 1. The lowest BCUT2D eigenvalue weighted by molar-refractivity contribution is 0.725. The Morgan fingerprint density at radius 1 is 1.04 bits per heavy atom. The van der Waals surface area contributed by atoms with Crippen molar-refractivity contribution in [2.75, 3.05) is 11.1 Å². The molecule has 27 heavy (non-hydrogen) atoms. The number of rotatable bonds is 2. The van der Waals surface area contributed by atoms with Crippen LogP contribution in [0.2, 0.25) is 0 Å². The molecule has 2 aliphatic rings. The van der Waals surface area contributed by atoms with E-state index in [9.17, 15) is 0 Å². The van der Waals surface area contributed by atoms with Crippen molar-refractivity contribution >= 4 is 41.0 Å². The summed E-state index contributed by atoms with van der Waals surface area (Å²) in [6.45, 7) is 4.25. The Kier molecular flexibility index (Phi) is 4.06. The summed E-state index contributed by atoms with van der Waals surface area (Å²) in [6, 6.07) is 17.3. The Hall–Kier alpha value is -2.17. The zero-order valence-corrected chi connectivity index (χ0v) is 16.7. The first-order valence-electron chi connectivity index (χ1n) is 9.37. The van der Waals surface area contributed by atoms with E-state index in [4.69, 9.17) is 5.73 Å². The second kappa shape index (κ2) is 6.47. The van der Waals surface area contributed by atoms with Gasteiger partial charge in [-0.2, -0.15) is 12.6 Å². The number of hydrogen-bond donors (Lipinski definition) is 3. The van der Waals surface area contributed by atoms with Crippen LogP contribution in [0.15, 0.2) is 55.1 Å². The summed E-state index contributed by atoms with van der Waals surface area (Å²) in [5.41, 5.74) is 14.0. The maximum absolute atomic E-state index is 5.85. The predicted octanol–water partition coefficient (Wildman–Crippen LogP) is 6.63. The molecule has 1 fully saturated rings. The largest absolute Gasteiger partial charge is 0.399 e. The van der Waals surface area contributed by atoms with Crippen LogP contribution in [0.4, 0.5) is 11.4 Å². The van der Waals surface area contributed by atoms with E-state index >= 15 is 0 Å². The van der Waals surface area contributed by atoms with Gasteiger partial charge in [0, 0.05) is 38.3 Å². The van der Waals surface area contributed by atoms with Crippen LogP contribution in [-0.4, -0.2) is 5.25 Å². The van der Waals surface area contributed by atoms with Gasteiger partial charge in [0.25, 0.3) is 0 Å². The summed E-state index contributed by atoms with van der Waals surface area (Å²) in [7, 11) is 0. The van der Waals surface area contributed by atoms with Gasteiger partial charge in [-0.05, 0) is 66.6 Å². The summed E-state index contributed by atoms with van der Waals surface area (Å²) in [4.78, 5) is 2.47. The topological polar surface area (TPSA) is 38.0 Å². The van der Waals surface area contributed by atoms with Crippen LogP contribution in [0.5, 0.6) is 0 Å². The molecular formula is C23H22N2S2. The van der Waals surface area contributed by atoms with Gasteiger partial charge >= 0.3 is 0 Å². The van der Waals surface area contributed by atoms with Crippen molar-refractivity contribution in [1.29, 1.82) is 0 Å². The smallest absolute Gasteiger partial charge is 0.0585 e. The second-order valence-electron chi connectivity index (χ2n) is 7.55. The SMILES string of the molecule is C=C1Nc2ccc(C3CC[C@@H](S)C3)cc2-c2cc(-c3ccc(N)cc3)sc21. The average Bonchev–Trinajstić information content (AvgIpc) is 3.29. The Morgan fingerprint density at radius 2 is 1.85 bits per heavy atom. The first kappa shape index (κ1) is 17.0. The predicted molar refractivity (Wildman–Crippen MR) is 122 cm³/mol.